The topological polar surface area (TPSA) is 157 Å². The second kappa shape index (κ2) is 9.51. The van der Waals surface area contributed by atoms with Crippen molar-refractivity contribution >= 4 is 27.8 Å². The molecule has 224 valence electrons. The van der Waals surface area contributed by atoms with Crippen LogP contribution in [0.3, 0.4) is 0 Å². The highest BCUT2D eigenvalue weighted by Crippen LogP contribution is 2.47. The summed E-state index contributed by atoms with van der Waals surface area (Å²) in [6.45, 7) is 4.03. The van der Waals surface area contributed by atoms with E-state index in [2.05, 4.69) is 15.1 Å². The Morgan fingerprint density at radius 2 is 1.87 bits per heavy atom. The van der Waals surface area contributed by atoms with Crippen LogP contribution in [0.5, 0.6) is 11.5 Å². The van der Waals surface area contributed by atoms with Gasteiger partial charge in [-0.15, -0.1) is 0 Å². The third-order valence-corrected chi connectivity index (χ3v) is 8.10. The van der Waals surface area contributed by atoms with Gasteiger partial charge < -0.3 is 15.6 Å². The molecule has 0 fully saturated rings. The van der Waals surface area contributed by atoms with Crippen molar-refractivity contribution in [1.82, 2.24) is 43.9 Å². The number of ether oxygens (including phenoxy) is 1. The molecule has 13 heteroatoms. The highest BCUT2D eigenvalue weighted by atomic mass is 16.5. The molecule has 0 bridgehead atoms. The number of hydrogen-bond acceptors (Lipinski definition) is 9. The van der Waals surface area contributed by atoms with Crippen molar-refractivity contribution in [3.8, 4) is 33.9 Å². The Balaban J connectivity index is 1.35. The summed E-state index contributed by atoms with van der Waals surface area (Å²) in [6, 6.07) is 12.7. The summed E-state index contributed by atoms with van der Waals surface area (Å²) in [5.74, 6) is 1.18. The molecule has 0 amide bonds. The fourth-order valence-corrected chi connectivity index (χ4v) is 6.20. The first kappa shape index (κ1) is 26.6. The maximum atomic E-state index is 14.4. The van der Waals surface area contributed by atoms with Crippen LogP contribution in [0.15, 0.2) is 78.4 Å². The second-order valence-electron chi connectivity index (χ2n) is 11.8. The van der Waals surface area contributed by atoms with Crippen LogP contribution in [-0.4, -0.2) is 54.6 Å². The summed E-state index contributed by atoms with van der Waals surface area (Å²) in [5, 5.41) is 20.9. The number of phenols is 1. The Hall–Kier alpha value is -5.98. The van der Waals surface area contributed by atoms with E-state index >= 15 is 0 Å². The lowest BCUT2D eigenvalue weighted by Crippen LogP contribution is -2.31. The molecule has 0 atom stereocenters. The first-order valence-electron chi connectivity index (χ1n) is 14.4. The number of nitrogens with two attached hydrogens (primary N) is 1. The summed E-state index contributed by atoms with van der Waals surface area (Å²) < 4.78 is 12.7. The Kier molecular flexibility index (Phi) is 5.63. The van der Waals surface area contributed by atoms with E-state index in [1.54, 1.807) is 38.7 Å². The van der Waals surface area contributed by atoms with Gasteiger partial charge in [0.25, 0.3) is 5.56 Å². The van der Waals surface area contributed by atoms with Gasteiger partial charge in [0.1, 0.15) is 30.0 Å². The lowest BCUT2D eigenvalue weighted by atomic mass is 9.95. The van der Waals surface area contributed by atoms with Crippen LogP contribution in [0.2, 0.25) is 0 Å². The molecule has 6 heterocycles. The molecule has 2 aromatic carbocycles. The average Bonchev–Trinajstić information content (AvgIpc) is 3.81. The minimum absolute atomic E-state index is 0.0639. The molecule has 3 N–H and O–H groups in total. The van der Waals surface area contributed by atoms with Gasteiger partial charge in [0.15, 0.2) is 23.0 Å². The van der Waals surface area contributed by atoms with Gasteiger partial charge in [0.2, 0.25) is 0 Å². The lowest BCUT2D eigenvalue weighted by Gasteiger charge is -2.16. The van der Waals surface area contributed by atoms with E-state index in [0.717, 1.165) is 22.3 Å². The highest BCUT2D eigenvalue weighted by molar-refractivity contribution is 5.99. The van der Waals surface area contributed by atoms with Crippen molar-refractivity contribution in [2.45, 2.75) is 32.4 Å². The summed E-state index contributed by atoms with van der Waals surface area (Å²) >= 11 is 0. The number of aryl methyl sites for hydroxylation is 1. The summed E-state index contributed by atoms with van der Waals surface area (Å²) in [6.07, 6.45) is 9.14. The van der Waals surface area contributed by atoms with Crippen molar-refractivity contribution in [2.24, 2.45) is 7.05 Å². The second-order valence-corrected chi connectivity index (χ2v) is 11.8. The third-order valence-electron chi connectivity index (χ3n) is 8.10. The Morgan fingerprint density at radius 3 is 2.64 bits per heavy atom. The minimum atomic E-state index is -0.507. The van der Waals surface area contributed by atoms with E-state index in [1.807, 2.05) is 63.5 Å². The van der Waals surface area contributed by atoms with Gasteiger partial charge in [-0.25, -0.2) is 19.6 Å². The van der Waals surface area contributed by atoms with Crippen molar-refractivity contribution in [1.29, 1.82) is 0 Å². The number of fused-ring (bicyclic) bond motifs is 3. The smallest absolute Gasteiger partial charge is 0.281 e. The van der Waals surface area contributed by atoms with Gasteiger partial charge >= 0.3 is 0 Å². The van der Waals surface area contributed by atoms with Crippen molar-refractivity contribution in [3.05, 3.63) is 95.3 Å². The van der Waals surface area contributed by atoms with Crippen LogP contribution in [-0.2, 0) is 20.0 Å². The SMILES string of the molecule is Cn1cc(-c2cccc3nc(Cn4nc(-c5ccc(O)c6c5CC(C)(C)O6)c5c(N)ncnc54)n(-n4cccc4)c(=O)c23)cn1. The molecule has 1 aliphatic rings. The van der Waals surface area contributed by atoms with Crippen LogP contribution < -0.4 is 16.0 Å². The number of nitrogen functional groups attached to an aromatic ring is 1. The van der Waals surface area contributed by atoms with E-state index in [4.69, 9.17) is 20.6 Å². The molecule has 13 nitrogen and oxygen atoms in total. The normalized spacial score (nSPS) is 13.8. The molecule has 1 aliphatic heterocycles. The Morgan fingerprint density at radius 1 is 1.04 bits per heavy atom. The molecule has 0 aliphatic carbocycles. The highest BCUT2D eigenvalue weighted by Gasteiger charge is 2.35. The number of hydrogen-bond donors (Lipinski definition) is 2. The standard InChI is InChI=1S/C32H28N10O3/c1-32(2)13-21-20(9-10-23(43)28(21)45-32)27-26-29(33)34-17-35-30(26)41(38-27)16-24-37-22-8-6-7-19(18-14-36-39(3)15-18)25(22)31(44)42(24)40-11-4-5-12-40/h4-12,14-15,17,43H,13,16H2,1-3H3,(H2,33,34,35). The quantitative estimate of drug-likeness (QED) is 0.300. The maximum Gasteiger partial charge on any atom is 0.281 e. The first-order chi connectivity index (χ1) is 21.7. The number of rotatable bonds is 5. The van der Waals surface area contributed by atoms with Crippen molar-refractivity contribution in [2.75, 3.05) is 5.73 Å². The zero-order valence-corrected chi connectivity index (χ0v) is 24.7. The Labute approximate surface area is 255 Å². The fourth-order valence-electron chi connectivity index (χ4n) is 6.20. The molecule has 0 saturated carbocycles. The van der Waals surface area contributed by atoms with Gasteiger partial charge in [0, 0.05) is 48.7 Å². The van der Waals surface area contributed by atoms with Gasteiger partial charge in [-0.3, -0.25) is 14.2 Å². The number of aromatic hydroxyl groups is 1. The average molecular weight is 601 g/mol. The fraction of sp³-hybridized carbons (Fsp3) is 0.188. The lowest BCUT2D eigenvalue weighted by molar-refractivity contribution is 0.134. The number of nitrogens with zero attached hydrogens (tertiary/aromatic N) is 9. The number of benzene rings is 2. The van der Waals surface area contributed by atoms with Crippen LogP contribution >= 0.6 is 0 Å². The molecule has 7 aromatic rings. The van der Waals surface area contributed by atoms with Gasteiger partial charge in [-0.2, -0.15) is 14.9 Å². The van der Waals surface area contributed by atoms with E-state index in [-0.39, 0.29) is 23.7 Å². The molecule has 0 spiro atoms. The van der Waals surface area contributed by atoms with Gasteiger partial charge in [-0.05, 0) is 49.7 Å². The molecule has 0 radical (unpaired) electrons. The van der Waals surface area contributed by atoms with E-state index in [9.17, 15) is 9.90 Å². The Bertz CT molecular complexity index is 2350. The molecule has 5 aromatic heterocycles. The molecule has 8 rings (SSSR count). The number of phenolic OH excluding ortho intramolecular Hbond substituents is 1. The predicted octanol–water partition coefficient (Wildman–Crippen LogP) is 3.77. The van der Waals surface area contributed by atoms with Crippen molar-refractivity contribution in [3.63, 3.8) is 0 Å². The van der Waals surface area contributed by atoms with Crippen LogP contribution in [0, 0.1) is 0 Å². The largest absolute Gasteiger partial charge is 0.504 e. The summed E-state index contributed by atoms with van der Waals surface area (Å²) in [5.41, 5.74) is 10.4. The zero-order chi connectivity index (χ0) is 31.0. The van der Waals surface area contributed by atoms with E-state index in [1.165, 1.54) is 11.0 Å². The predicted molar refractivity (Wildman–Crippen MR) is 168 cm³/mol. The monoisotopic (exact) mass is 600 g/mol. The molecule has 0 saturated heterocycles. The van der Waals surface area contributed by atoms with Crippen molar-refractivity contribution < 1.29 is 9.84 Å². The molecule has 45 heavy (non-hydrogen) atoms. The third kappa shape index (κ3) is 4.15. The van der Waals surface area contributed by atoms with Crippen LogP contribution in [0.25, 0.3) is 44.3 Å². The zero-order valence-electron chi connectivity index (χ0n) is 24.7. The van der Waals surface area contributed by atoms with Gasteiger partial charge in [0.05, 0.1) is 22.5 Å². The van der Waals surface area contributed by atoms with Crippen LogP contribution in [0.1, 0.15) is 25.2 Å². The summed E-state index contributed by atoms with van der Waals surface area (Å²) in [4.78, 5) is 28.2. The summed E-state index contributed by atoms with van der Waals surface area (Å²) in [7, 11) is 1.84. The molecular formula is C32H28N10O3. The first-order valence-corrected chi connectivity index (χ1v) is 14.4. The molecular weight excluding hydrogens is 572 g/mol. The molecule has 0 unspecified atom stereocenters. The number of anilines is 1. The minimum Gasteiger partial charge on any atom is -0.504 e. The van der Waals surface area contributed by atoms with Gasteiger partial charge in [-0.1, -0.05) is 12.1 Å². The maximum absolute atomic E-state index is 14.4. The number of aromatic nitrogens is 9. The van der Waals surface area contributed by atoms with Crippen LogP contribution in [0.4, 0.5) is 5.82 Å². The van der Waals surface area contributed by atoms with E-state index < -0.39 is 5.60 Å². The van der Waals surface area contributed by atoms with E-state index in [0.29, 0.717) is 45.6 Å².